The lowest BCUT2D eigenvalue weighted by atomic mass is 10.1. The van der Waals surface area contributed by atoms with Crippen molar-refractivity contribution < 1.29 is 0 Å². The van der Waals surface area contributed by atoms with Gasteiger partial charge in [0.1, 0.15) is 0 Å². The fourth-order valence-corrected chi connectivity index (χ4v) is 2.65. The van der Waals surface area contributed by atoms with Gasteiger partial charge in [0.25, 0.3) is 0 Å². The van der Waals surface area contributed by atoms with Crippen LogP contribution in [0.5, 0.6) is 0 Å². The van der Waals surface area contributed by atoms with Crippen molar-refractivity contribution >= 4 is 28.3 Å². The molecule has 0 aliphatic carbocycles. The number of aryl methyl sites for hydroxylation is 1. The summed E-state index contributed by atoms with van der Waals surface area (Å²) in [4.78, 5) is 2.51. The molecule has 70 valence electrons. The normalized spacial score (nSPS) is 14.8. The van der Waals surface area contributed by atoms with Gasteiger partial charge in [-0.25, -0.2) is 0 Å². The number of benzene rings is 1. The first-order valence-corrected chi connectivity index (χ1v) is 6.25. The molecular formula is C11H14IN. The van der Waals surface area contributed by atoms with E-state index < -0.39 is 0 Å². The van der Waals surface area contributed by atoms with Crippen LogP contribution in [0.4, 0.5) is 5.69 Å². The minimum Gasteiger partial charge on any atom is -0.370 e. The van der Waals surface area contributed by atoms with Crippen LogP contribution in [0.3, 0.4) is 0 Å². The summed E-state index contributed by atoms with van der Waals surface area (Å²) in [6.45, 7) is 4.62. The molecule has 0 N–H and O–H groups in total. The fourth-order valence-electron chi connectivity index (χ4n) is 2.07. The third-order valence-electron chi connectivity index (χ3n) is 2.64. The second-order valence-corrected chi connectivity index (χ2v) is 4.59. The number of anilines is 1. The van der Waals surface area contributed by atoms with Crippen molar-refractivity contribution in [2.24, 2.45) is 0 Å². The highest BCUT2D eigenvalue weighted by Gasteiger charge is 2.19. The molecule has 0 unspecified atom stereocenters. The van der Waals surface area contributed by atoms with E-state index in [2.05, 4.69) is 52.6 Å². The van der Waals surface area contributed by atoms with Gasteiger partial charge in [0, 0.05) is 23.2 Å². The highest BCUT2D eigenvalue weighted by Crippen LogP contribution is 2.30. The molecule has 1 aliphatic heterocycles. The van der Waals surface area contributed by atoms with Crippen LogP contribution in [-0.4, -0.2) is 17.5 Å². The molecule has 0 atom stereocenters. The molecule has 0 fully saturated rings. The lowest BCUT2D eigenvalue weighted by Crippen LogP contribution is -2.23. The standard InChI is InChI=1S/C11H14IN/c1-9-3-2-4-10-5-7-13(8-6-12)11(9)10/h2-4H,5-8H2,1H3. The summed E-state index contributed by atoms with van der Waals surface area (Å²) in [6.07, 6.45) is 1.23. The van der Waals surface area contributed by atoms with Crippen LogP contribution in [0.1, 0.15) is 11.1 Å². The first-order chi connectivity index (χ1) is 6.33. The van der Waals surface area contributed by atoms with Gasteiger partial charge >= 0.3 is 0 Å². The third kappa shape index (κ3) is 1.68. The van der Waals surface area contributed by atoms with Crippen molar-refractivity contribution in [3.05, 3.63) is 29.3 Å². The molecule has 2 rings (SSSR count). The molecular weight excluding hydrogens is 273 g/mol. The van der Waals surface area contributed by atoms with E-state index >= 15 is 0 Å². The Labute approximate surface area is 93.3 Å². The Kier molecular flexibility index (Phi) is 2.77. The second-order valence-electron chi connectivity index (χ2n) is 3.51. The minimum absolute atomic E-state index is 1.19. The maximum absolute atomic E-state index is 2.51. The molecule has 13 heavy (non-hydrogen) atoms. The zero-order valence-electron chi connectivity index (χ0n) is 7.89. The summed E-state index contributed by atoms with van der Waals surface area (Å²) in [6, 6.07) is 6.64. The van der Waals surface area contributed by atoms with Crippen molar-refractivity contribution in [1.82, 2.24) is 0 Å². The molecule has 1 aromatic carbocycles. The zero-order chi connectivity index (χ0) is 9.26. The average molecular weight is 287 g/mol. The first kappa shape index (κ1) is 9.31. The monoisotopic (exact) mass is 287 g/mol. The van der Waals surface area contributed by atoms with Crippen molar-refractivity contribution in [3.63, 3.8) is 0 Å². The first-order valence-electron chi connectivity index (χ1n) is 4.72. The highest BCUT2D eigenvalue weighted by atomic mass is 127. The van der Waals surface area contributed by atoms with Gasteiger partial charge in [0.2, 0.25) is 0 Å². The molecule has 0 saturated heterocycles. The minimum atomic E-state index is 1.19. The van der Waals surface area contributed by atoms with E-state index in [4.69, 9.17) is 0 Å². The molecule has 1 aromatic rings. The van der Waals surface area contributed by atoms with Gasteiger partial charge in [-0.1, -0.05) is 40.8 Å². The second kappa shape index (κ2) is 3.86. The number of hydrogen-bond donors (Lipinski definition) is 0. The molecule has 0 bridgehead atoms. The Hall–Kier alpha value is -0.250. The zero-order valence-corrected chi connectivity index (χ0v) is 10.0. The van der Waals surface area contributed by atoms with E-state index in [9.17, 15) is 0 Å². The molecule has 0 amide bonds. The maximum atomic E-state index is 2.51. The number of para-hydroxylation sites is 1. The molecule has 0 aromatic heterocycles. The summed E-state index contributed by atoms with van der Waals surface area (Å²) in [7, 11) is 0. The molecule has 2 heteroatoms. The molecule has 0 saturated carbocycles. The Balaban J connectivity index is 2.34. The lowest BCUT2D eigenvalue weighted by Gasteiger charge is -2.19. The van der Waals surface area contributed by atoms with E-state index in [1.807, 2.05) is 0 Å². The van der Waals surface area contributed by atoms with E-state index in [-0.39, 0.29) is 0 Å². The summed E-state index contributed by atoms with van der Waals surface area (Å²) >= 11 is 2.45. The van der Waals surface area contributed by atoms with Gasteiger partial charge in [0.05, 0.1) is 0 Å². The molecule has 1 nitrogen and oxygen atoms in total. The summed E-state index contributed by atoms with van der Waals surface area (Å²) in [5, 5.41) is 0. The van der Waals surface area contributed by atoms with Crippen LogP contribution in [0.25, 0.3) is 0 Å². The SMILES string of the molecule is Cc1cccc2c1N(CCI)CC2. The topological polar surface area (TPSA) is 3.24 Å². The van der Waals surface area contributed by atoms with Crippen LogP contribution in [0, 0.1) is 6.92 Å². The Morgan fingerprint density at radius 2 is 2.31 bits per heavy atom. The smallest absolute Gasteiger partial charge is 0.0429 e. The van der Waals surface area contributed by atoms with Gasteiger partial charge < -0.3 is 4.90 Å². The van der Waals surface area contributed by atoms with Gasteiger partial charge in [-0.3, -0.25) is 0 Å². The number of rotatable bonds is 2. The van der Waals surface area contributed by atoms with Crippen LogP contribution in [-0.2, 0) is 6.42 Å². The van der Waals surface area contributed by atoms with Gasteiger partial charge in [-0.15, -0.1) is 0 Å². The van der Waals surface area contributed by atoms with Gasteiger partial charge in [0.15, 0.2) is 0 Å². The van der Waals surface area contributed by atoms with Gasteiger partial charge in [-0.2, -0.15) is 0 Å². The highest BCUT2D eigenvalue weighted by molar-refractivity contribution is 14.1. The lowest BCUT2D eigenvalue weighted by molar-refractivity contribution is 0.877. The van der Waals surface area contributed by atoms with Crippen LogP contribution >= 0.6 is 22.6 Å². The maximum Gasteiger partial charge on any atom is 0.0429 e. The predicted octanol–water partition coefficient (Wildman–Crippen LogP) is 2.79. The number of halogens is 1. The Bertz CT molecular complexity index is 307. The average Bonchev–Trinajstić information content (AvgIpc) is 2.51. The third-order valence-corrected chi connectivity index (χ3v) is 3.13. The van der Waals surface area contributed by atoms with E-state index in [0.29, 0.717) is 0 Å². The summed E-state index contributed by atoms with van der Waals surface area (Å²) < 4.78 is 1.21. The van der Waals surface area contributed by atoms with Gasteiger partial charge in [-0.05, 0) is 24.5 Å². The molecule has 1 heterocycles. The number of hydrogen-bond acceptors (Lipinski definition) is 1. The summed E-state index contributed by atoms with van der Waals surface area (Å²) in [5.74, 6) is 0. The van der Waals surface area contributed by atoms with Crippen molar-refractivity contribution in [3.8, 4) is 0 Å². The predicted molar refractivity (Wildman–Crippen MR) is 66.0 cm³/mol. The van der Waals surface area contributed by atoms with Crippen molar-refractivity contribution in [2.45, 2.75) is 13.3 Å². The number of fused-ring (bicyclic) bond motifs is 1. The fraction of sp³-hybridized carbons (Fsp3) is 0.455. The Morgan fingerprint density at radius 3 is 3.08 bits per heavy atom. The number of nitrogens with zero attached hydrogens (tertiary/aromatic N) is 1. The molecule has 1 aliphatic rings. The largest absolute Gasteiger partial charge is 0.370 e. The van der Waals surface area contributed by atoms with E-state index in [0.717, 1.165) is 0 Å². The van der Waals surface area contributed by atoms with Crippen LogP contribution in [0.2, 0.25) is 0 Å². The van der Waals surface area contributed by atoms with Crippen LogP contribution in [0.15, 0.2) is 18.2 Å². The van der Waals surface area contributed by atoms with E-state index in [1.165, 1.54) is 40.8 Å². The summed E-state index contributed by atoms with van der Waals surface area (Å²) in [5.41, 5.74) is 4.46. The quantitative estimate of drug-likeness (QED) is 0.597. The van der Waals surface area contributed by atoms with Crippen LogP contribution < -0.4 is 4.90 Å². The van der Waals surface area contributed by atoms with Crippen molar-refractivity contribution in [2.75, 3.05) is 22.4 Å². The Morgan fingerprint density at radius 1 is 1.46 bits per heavy atom. The molecule has 0 spiro atoms. The molecule has 0 radical (unpaired) electrons. The number of alkyl halides is 1. The van der Waals surface area contributed by atoms with Crippen molar-refractivity contribution in [1.29, 1.82) is 0 Å². The van der Waals surface area contributed by atoms with E-state index in [1.54, 1.807) is 0 Å².